The number of hydrogen-bond donors (Lipinski definition) is 0. The molecule has 3 rings (SSSR count). The van der Waals surface area contributed by atoms with E-state index < -0.39 is 40.6 Å². The van der Waals surface area contributed by atoms with Gasteiger partial charge in [-0.05, 0) is 22.0 Å². The van der Waals surface area contributed by atoms with Crippen LogP contribution in [0.2, 0.25) is 0 Å². The van der Waals surface area contributed by atoms with E-state index in [4.69, 9.17) is 9.47 Å². The zero-order valence-corrected chi connectivity index (χ0v) is 18.2. The number of nitrogens with zero attached hydrogens (tertiary/aromatic N) is 2. The van der Waals surface area contributed by atoms with Gasteiger partial charge in [0, 0.05) is 31.2 Å². The van der Waals surface area contributed by atoms with Gasteiger partial charge in [0.05, 0.1) is 23.9 Å². The molecule has 1 aromatic carbocycles. The highest BCUT2D eigenvalue weighted by atomic mass is 79.9. The summed E-state index contributed by atoms with van der Waals surface area (Å²) in [4.78, 5) is 36.5. The quantitative estimate of drug-likeness (QED) is 0.443. The standard InChI is InChI=1S/C19H15BrF4N2O6/c1-25-14(19(22,23)24)7-15(27)26(18(25)29)12-6-13(10(20)5-11(12)21)32-8-9-3-4-31-16(9)17(28)30-2/h5-7H,3-4,8H2,1-2H3. The van der Waals surface area contributed by atoms with Crippen molar-refractivity contribution in [1.29, 1.82) is 0 Å². The van der Waals surface area contributed by atoms with Crippen molar-refractivity contribution in [1.82, 2.24) is 9.13 Å². The third kappa shape index (κ3) is 4.42. The van der Waals surface area contributed by atoms with Crippen LogP contribution in [0.4, 0.5) is 17.6 Å². The van der Waals surface area contributed by atoms with Gasteiger partial charge in [0.1, 0.15) is 23.9 Å². The second-order valence-electron chi connectivity index (χ2n) is 6.59. The second kappa shape index (κ2) is 8.81. The average molecular weight is 523 g/mol. The van der Waals surface area contributed by atoms with Crippen LogP contribution in [0.15, 0.2) is 43.6 Å². The molecule has 0 unspecified atom stereocenters. The van der Waals surface area contributed by atoms with Crippen LogP contribution in [0, 0.1) is 5.82 Å². The Balaban J connectivity index is 2.04. The van der Waals surface area contributed by atoms with Gasteiger partial charge in [-0.1, -0.05) is 0 Å². The number of aromatic nitrogens is 2. The molecule has 0 N–H and O–H groups in total. The van der Waals surface area contributed by atoms with Gasteiger partial charge in [0.15, 0.2) is 0 Å². The number of esters is 1. The minimum atomic E-state index is -4.95. The summed E-state index contributed by atoms with van der Waals surface area (Å²) in [7, 11) is 2.00. The zero-order valence-electron chi connectivity index (χ0n) is 16.6. The minimum Gasteiger partial charge on any atom is -0.488 e. The summed E-state index contributed by atoms with van der Waals surface area (Å²) in [5.74, 6) is -1.79. The Bertz CT molecular complexity index is 1230. The molecule has 13 heteroatoms. The number of carbonyl (C=O) groups excluding carboxylic acids is 1. The zero-order chi connectivity index (χ0) is 23.8. The number of methoxy groups -OCH3 is 1. The first-order chi connectivity index (χ1) is 15.0. The largest absolute Gasteiger partial charge is 0.488 e. The lowest BCUT2D eigenvalue weighted by Gasteiger charge is -2.16. The molecule has 172 valence electrons. The molecule has 0 saturated carbocycles. The molecule has 0 aliphatic carbocycles. The van der Waals surface area contributed by atoms with Gasteiger partial charge in [0.25, 0.3) is 5.56 Å². The number of ether oxygens (including phenoxy) is 3. The van der Waals surface area contributed by atoms with E-state index in [1.54, 1.807) is 0 Å². The van der Waals surface area contributed by atoms with E-state index in [2.05, 4.69) is 20.7 Å². The molecule has 0 radical (unpaired) electrons. The van der Waals surface area contributed by atoms with Gasteiger partial charge in [-0.15, -0.1) is 0 Å². The summed E-state index contributed by atoms with van der Waals surface area (Å²) in [5.41, 5.74) is -4.37. The van der Waals surface area contributed by atoms with Gasteiger partial charge in [-0.2, -0.15) is 13.2 Å². The van der Waals surface area contributed by atoms with E-state index in [0.29, 0.717) is 12.0 Å². The summed E-state index contributed by atoms with van der Waals surface area (Å²) in [6.45, 7) is 0.0734. The molecule has 1 aliphatic heterocycles. The van der Waals surface area contributed by atoms with Crippen molar-refractivity contribution >= 4 is 21.9 Å². The van der Waals surface area contributed by atoms with E-state index in [9.17, 15) is 31.9 Å². The molecule has 8 nitrogen and oxygen atoms in total. The summed E-state index contributed by atoms with van der Waals surface area (Å²) < 4.78 is 69.7. The number of benzene rings is 1. The van der Waals surface area contributed by atoms with Crippen molar-refractivity contribution in [3.8, 4) is 11.4 Å². The fourth-order valence-corrected chi connectivity index (χ4v) is 3.44. The monoisotopic (exact) mass is 522 g/mol. The number of hydrogen-bond acceptors (Lipinski definition) is 6. The van der Waals surface area contributed by atoms with Gasteiger partial charge in [-0.25, -0.2) is 18.5 Å². The van der Waals surface area contributed by atoms with Crippen LogP contribution < -0.4 is 16.0 Å². The van der Waals surface area contributed by atoms with Crippen molar-refractivity contribution in [2.75, 3.05) is 20.3 Å². The maximum atomic E-state index is 14.6. The Labute approximate surface area is 185 Å². The molecule has 0 amide bonds. The Kier molecular flexibility index (Phi) is 6.49. The van der Waals surface area contributed by atoms with Gasteiger partial charge >= 0.3 is 17.8 Å². The second-order valence-corrected chi connectivity index (χ2v) is 7.44. The van der Waals surface area contributed by atoms with E-state index in [1.807, 2.05) is 0 Å². The lowest BCUT2D eigenvalue weighted by molar-refractivity contribution is -0.144. The number of halogens is 5. The summed E-state index contributed by atoms with van der Waals surface area (Å²) >= 11 is 3.09. The van der Waals surface area contributed by atoms with Gasteiger partial charge in [0.2, 0.25) is 5.76 Å². The first-order valence-corrected chi connectivity index (χ1v) is 9.70. The molecular weight excluding hydrogens is 508 g/mol. The van der Waals surface area contributed by atoms with Crippen molar-refractivity contribution < 1.29 is 36.6 Å². The predicted molar refractivity (Wildman–Crippen MR) is 105 cm³/mol. The number of rotatable bonds is 5. The highest BCUT2D eigenvalue weighted by Crippen LogP contribution is 2.31. The molecule has 1 aliphatic rings. The van der Waals surface area contributed by atoms with E-state index >= 15 is 0 Å². The van der Waals surface area contributed by atoms with Crippen LogP contribution >= 0.6 is 15.9 Å². The van der Waals surface area contributed by atoms with E-state index in [0.717, 1.165) is 19.2 Å². The Morgan fingerprint density at radius 2 is 1.94 bits per heavy atom. The molecule has 2 aromatic rings. The maximum Gasteiger partial charge on any atom is 0.431 e. The maximum absolute atomic E-state index is 14.6. The molecular formula is C19H15BrF4N2O6. The van der Waals surface area contributed by atoms with Crippen molar-refractivity contribution in [3.05, 3.63) is 66.4 Å². The highest BCUT2D eigenvalue weighted by Gasteiger charge is 2.35. The molecule has 0 fully saturated rings. The van der Waals surface area contributed by atoms with Gasteiger partial charge in [-0.3, -0.25) is 9.36 Å². The predicted octanol–water partition coefficient (Wildman–Crippen LogP) is 2.68. The number of alkyl halides is 3. The van der Waals surface area contributed by atoms with Crippen LogP contribution in [0.25, 0.3) is 5.69 Å². The van der Waals surface area contributed by atoms with E-state index in [-0.39, 0.29) is 44.4 Å². The minimum absolute atomic E-state index is 0.0150. The summed E-state index contributed by atoms with van der Waals surface area (Å²) in [5, 5.41) is 0. The lowest BCUT2D eigenvalue weighted by Crippen LogP contribution is -2.41. The SMILES string of the molecule is COC(=O)C1=C(COc2cc(-n3c(=O)cc(C(F)(F)F)n(C)c3=O)c(F)cc2Br)CCO1. The molecule has 0 saturated heterocycles. The van der Waals surface area contributed by atoms with Crippen LogP contribution in [0.1, 0.15) is 12.1 Å². The topological polar surface area (TPSA) is 88.8 Å². The van der Waals surface area contributed by atoms with Crippen LogP contribution in [0.5, 0.6) is 5.75 Å². The van der Waals surface area contributed by atoms with Crippen molar-refractivity contribution in [2.24, 2.45) is 7.05 Å². The highest BCUT2D eigenvalue weighted by molar-refractivity contribution is 9.10. The third-order valence-electron chi connectivity index (χ3n) is 4.60. The smallest absolute Gasteiger partial charge is 0.431 e. The molecule has 32 heavy (non-hydrogen) atoms. The molecule has 1 aromatic heterocycles. The molecule has 0 spiro atoms. The van der Waals surface area contributed by atoms with Crippen molar-refractivity contribution in [3.63, 3.8) is 0 Å². The fraction of sp³-hybridized carbons (Fsp3) is 0.316. The van der Waals surface area contributed by atoms with Gasteiger partial charge < -0.3 is 14.2 Å². The first-order valence-electron chi connectivity index (χ1n) is 8.91. The summed E-state index contributed by atoms with van der Waals surface area (Å²) in [6.07, 6.45) is -4.58. The fourth-order valence-electron chi connectivity index (χ4n) is 3.01. The van der Waals surface area contributed by atoms with Crippen LogP contribution in [-0.2, 0) is 27.5 Å². The molecule has 2 heterocycles. The number of carbonyl (C=O) groups is 1. The average Bonchev–Trinajstić information content (AvgIpc) is 3.18. The Hall–Kier alpha value is -3.09. The van der Waals surface area contributed by atoms with Crippen LogP contribution in [-0.4, -0.2) is 35.4 Å². The Morgan fingerprint density at radius 3 is 2.56 bits per heavy atom. The lowest BCUT2D eigenvalue weighted by atomic mass is 10.2. The molecule has 0 atom stereocenters. The normalized spacial score (nSPS) is 13.8. The van der Waals surface area contributed by atoms with Crippen LogP contribution in [0.3, 0.4) is 0 Å². The van der Waals surface area contributed by atoms with E-state index in [1.165, 1.54) is 7.11 Å². The Morgan fingerprint density at radius 1 is 1.25 bits per heavy atom. The first kappa shape index (κ1) is 23.6. The van der Waals surface area contributed by atoms with Crippen molar-refractivity contribution in [2.45, 2.75) is 12.6 Å². The molecule has 0 bridgehead atoms. The summed E-state index contributed by atoms with van der Waals surface area (Å²) in [6, 6.07) is 2.09. The third-order valence-corrected chi connectivity index (χ3v) is 5.22.